The van der Waals surface area contributed by atoms with E-state index in [1.165, 1.54) is 25.5 Å². The Labute approximate surface area is 122 Å². The molecular weight excluding hydrogens is 272 g/mol. The third kappa shape index (κ3) is 2.61. The van der Waals surface area contributed by atoms with Gasteiger partial charge in [-0.05, 0) is 18.9 Å². The Kier molecular flexibility index (Phi) is 3.59. The average molecular weight is 290 g/mol. The van der Waals surface area contributed by atoms with Gasteiger partial charge >= 0.3 is 12.0 Å². The van der Waals surface area contributed by atoms with Crippen LogP contribution < -0.4 is 14.4 Å². The molecule has 0 saturated carbocycles. The lowest BCUT2D eigenvalue weighted by Crippen LogP contribution is -2.22. The normalized spacial score (nSPS) is 18.0. The number of anilines is 1. The van der Waals surface area contributed by atoms with Crippen molar-refractivity contribution in [2.45, 2.75) is 19.3 Å². The van der Waals surface area contributed by atoms with Crippen molar-refractivity contribution in [2.75, 3.05) is 32.2 Å². The smallest absolute Gasteiger partial charge is 0.324 e. The van der Waals surface area contributed by atoms with Crippen LogP contribution in [0.3, 0.4) is 0 Å². The van der Waals surface area contributed by atoms with Crippen LogP contribution in [0.4, 0.5) is 5.95 Å². The van der Waals surface area contributed by atoms with Crippen LogP contribution in [0.25, 0.3) is 0 Å². The van der Waals surface area contributed by atoms with Crippen molar-refractivity contribution in [3.8, 4) is 12.0 Å². The van der Waals surface area contributed by atoms with Gasteiger partial charge in [-0.3, -0.25) is 5.10 Å². The molecule has 112 valence electrons. The molecule has 1 atom stereocenters. The number of aromatic amines is 1. The highest BCUT2D eigenvalue weighted by atomic mass is 16.5. The van der Waals surface area contributed by atoms with Crippen LogP contribution in [0.2, 0.25) is 0 Å². The van der Waals surface area contributed by atoms with E-state index in [2.05, 4.69) is 37.0 Å². The van der Waals surface area contributed by atoms with Crippen molar-refractivity contribution in [2.24, 2.45) is 0 Å². The lowest BCUT2D eigenvalue weighted by atomic mass is 10.0. The molecular formula is C13H18N6O2. The highest BCUT2D eigenvalue weighted by Crippen LogP contribution is 2.30. The number of hydrogen-bond acceptors (Lipinski definition) is 7. The summed E-state index contributed by atoms with van der Waals surface area (Å²) in [5.41, 5.74) is 2.37. The number of aryl methyl sites for hydroxylation is 1. The van der Waals surface area contributed by atoms with Gasteiger partial charge in [0.15, 0.2) is 0 Å². The van der Waals surface area contributed by atoms with Gasteiger partial charge in [-0.25, -0.2) is 0 Å². The minimum Gasteiger partial charge on any atom is -0.467 e. The molecule has 0 aliphatic carbocycles. The second kappa shape index (κ2) is 5.55. The quantitative estimate of drug-likeness (QED) is 0.895. The van der Waals surface area contributed by atoms with Gasteiger partial charge in [-0.1, -0.05) is 0 Å². The molecule has 2 aromatic rings. The number of aromatic nitrogens is 5. The fraction of sp³-hybridized carbons (Fsp3) is 0.538. The van der Waals surface area contributed by atoms with Crippen molar-refractivity contribution in [1.29, 1.82) is 0 Å². The molecule has 3 heterocycles. The maximum absolute atomic E-state index is 5.09. The lowest BCUT2D eigenvalue weighted by Gasteiger charge is -2.16. The molecule has 0 radical (unpaired) electrons. The van der Waals surface area contributed by atoms with E-state index in [1.807, 2.05) is 6.20 Å². The summed E-state index contributed by atoms with van der Waals surface area (Å²) in [6.45, 7) is 3.77. The SMILES string of the molecule is COc1nc(OC)nc(N2CCC(c3[nH]ncc3C)C2)n1. The van der Waals surface area contributed by atoms with E-state index >= 15 is 0 Å². The number of methoxy groups -OCH3 is 2. The molecule has 2 aromatic heterocycles. The summed E-state index contributed by atoms with van der Waals surface area (Å²) in [5.74, 6) is 0.986. The lowest BCUT2D eigenvalue weighted by molar-refractivity contribution is 0.340. The summed E-state index contributed by atoms with van der Waals surface area (Å²) in [6.07, 6.45) is 2.88. The van der Waals surface area contributed by atoms with Crippen LogP contribution in [0.5, 0.6) is 12.0 Å². The van der Waals surface area contributed by atoms with E-state index in [4.69, 9.17) is 9.47 Å². The number of nitrogens with zero attached hydrogens (tertiary/aromatic N) is 5. The van der Waals surface area contributed by atoms with Gasteiger partial charge < -0.3 is 14.4 Å². The molecule has 1 N–H and O–H groups in total. The Bertz CT molecular complexity index is 607. The molecule has 1 aliphatic heterocycles. The Hall–Kier alpha value is -2.38. The first-order valence-corrected chi connectivity index (χ1v) is 6.80. The first kappa shape index (κ1) is 13.6. The van der Waals surface area contributed by atoms with Gasteiger partial charge in [0, 0.05) is 24.7 Å². The van der Waals surface area contributed by atoms with E-state index in [1.54, 1.807) is 0 Å². The molecule has 1 fully saturated rings. The molecule has 21 heavy (non-hydrogen) atoms. The Balaban J connectivity index is 1.81. The fourth-order valence-corrected chi connectivity index (χ4v) is 2.60. The predicted octanol–water partition coefficient (Wildman–Crippen LogP) is 0.914. The molecule has 1 unspecified atom stereocenters. The van der Waals surface area contributed by atoms with Crippen molar-refractivity contribution in [1.82, 2.24) is 25.1 Å². The molecule has 0 spiro atoms. The van der Waals surface area contributed by atoms with Crippen LogP contribution in [0.1, 0.15) is 23.6 Å². The summed E-state index contributed by atoms with van der Waals surface area (Å²) in [7, 11) is 3.05. The number of rotatable bonds is 4. The molecule has 0 amide bonds. The second-order valence-corrected chi connectivity index (χ2v) is 5.01. The summed E-state index contributed by atoms with van der Waals surface area (Å²) < 4.78 is 10.2. The van der Waals surface area contributed by atoms with Gasteiger partial charge in [-0.2, -0.15) is 15.1 Å². The van der Waals surface area contributed by atoms with Gasteiger partial charge in [0.05, 0.1) is 20.4 Å². The van der Waals surface area contributed by atoms with Crippen LogP contribution in [-0.4, -0.2) is 52.5 Å². The highest BCUT2D eigenvalue weighted by Gasteiger charge is 2.28. The highest BCUT2D eigenvalue weighted by molar-refractivity contribution is 5.36. The first-order chi connectivity index (χ1) is 10.2. The van der Waals surface area contributed by atoms with Crippen molar-refractivity contribution < 1.29 is 9.47 Å². The standard InChI is InChI=1S/C13H18N6O2/c1-8-6-14-18-10(8)9-4-5-19(7-9)11-15-12(20-2)17-13(16-11)21-3/h6,9H,4-5,7H2,1-3H3,(H,14,18). The van der Waals surface area contributed by atoms with E-state index < -0.39 is 0 Å². The van der Waals surface area contributed by atoms with E-state index in [0.717, 1.165) is 19.5 Å². The molecule has 0 bridgehead atoms. The summed E-state index contributed by atoms with van der Waals surface area (Å²) in [6, 6.07) is 0.524. The molecule has 1 aliphatic rings. The maximum Gasteiger partial charge on any atom is 0.324 e. The fourth-order valence-electron chi connectivity index (χ4n) is 2.60. The Morgan fingerprint density at radius 2 is 1.90 bits per heavy atom. The molecule has 3 rings (SSSR count). The van der Waals surface area contributed by atoms with E-state index in [-0.39, 0.29) is 12.0 Å². The van der Waals surface area contributed by atoms with Gasteiger partial charge in [0.2, 0.25) is 5.95 Å². The van der Waals surface area contributed by atoms with Crippen LogP contribution >= 0.6 is 0 Å². The largest absolute Gasteiger partial charge is 0.467 e. The van der Waals surface area contributed by atoms with Crippen molar-refractivity contribution >= 4 is 5.95 Å². The zero-order valence-electron chi connectivity index (χ0n) is 12.3. The number of hydrogen-bond donors (Lipinski definition) is 1. The van der Waals surface area contributed by atoms with Crippen molar-refractivity contribution in [3.63, 3.8) is 0 Å². The summed E-state index contributed by atoms with van der Waals surface area (Å²) >= 11 is 0. The van der Waals surface area contributed by atoms with Gasteiger partial charge in [0.25, 0.3) is 0 Å². The zero-order chi connectivity index (χ0) is 14.8. The van der Waals surface area contributed by atoms with Gasteiger partial charge in [0.1, 0.15) is 0 Å². The van der Waals surface area contributed by atoms with Gasteiger partial charge in [-0.15, -0.1) is 4.98 Å². The second-order valence-electron chi connectivity index (χ2n) is 5.01. The first-order valence-electron chi connectivity index (χ1n) is 6.80. The zero-order valence-corrected chi connectivity index (χ0v) is 12.3. The third-order valence-electron chi connectivity index (χ3n) is 3.70. The van der Waals surface area contributed by atoms with Crippen molar-refractivity contribution in [3.05, 3.63) is 17.5 Å². The van der Waals surface area contributed by atoms with Crippen LogP contribution in [0.15, 0.2) is 6.20 Å². The van der Waals surface area contributed by atoms with Crippen LogP contribution in [-0.2, 0) is 0 Å². The average Bonchev–Trinajstić information content (AvgIpc) is 3.15. The third-order valence-corrected chi connectivity index (χ3v) is 3.70. The predicted molar refractivity (Wildman–Crippen MR) is 75.8 cm³/mol. The molecule has 8 nitrogen and oxygen atoms in total. The molecule has 8 heteroatoms. The number of nitrogens with one attached hydrogen (secondary N) is 1. The minimum atomic E-state index is 0.262. The summed E-state index contributed by atoms with van der Waals surface area (Å²) in [5, 5.41) is 7.18. The Morgan fingerprint density at radius 1 is 1.19 bits per heavy atom. The summed E-state index contributed by atoms with van der Waals surface area (Å²) in [4.78, 5) is 14.7. The maximum atomic E-state index is 5.09. The molecule has 1 saturated heterocycles. The number of H-pyrrole nitrogens is 1. The number of ether oxygens (including phenoxy) is 2. The topological polar surface area (TPSA) is 89.0 Å². The molecule has 0 aromatic carbocycles. The minimum absolute atomic E-state index is 0.262. The monoisotopic (exact) mass is 290 g/mol. The Morgan fingerprint density at radius 3 is 2.48 bits per heavy atom. The van der Waals surface area contributed by atoms with E-state index in [9.17, 15) is 0 Å². The van der Waals surface area contributed by atoms with E-state index in [0.29, 0.717) is 11.9 Å². The van der Waals surface area contributed by atoms with Crippen LogP contribution in [0, 0.1) is 6.92 Å².